The zero-order valence-electron chi connectivity index (χ0n) is 41.7. The van der Waals surface area contributed by atoms with Crippen LogP contribution >= 0.6 is 0 Å². The lowest BCUT2D eigenvalue weighted by Crippen LogP contribution is -2.11. The summed E-state index contributed by atoms with van der Waals surface area (Å²) >= 11 is 0. The Balaban J connectivity index is 1.12. The molecule has 0 aliphatic carbocycles. The third-order valence-electron chi connectivity index (χ3n) is 12.5. The Hall–Kier alpha value is -8.81. The highest BCUT2D eigenvalue weighted by Gasteiger charge is 2.23. The molecule has 14 rings (SSSR count). The Bertz CT molecular complexity index is 4520. The fourth-order valence-electron chi connectivity index (χ4n) is 9.85. The Morgan fingerprint density at radius 3 is 1.27 bits per heavy atom. The van der Waals surface area contributed by atoms with Crippen LogP contribution in [0.4, 0.5) is 0 Å². The van der Waals surface area contributed by atoms with E-state index in [9.17, 15) is 2.74 Å². The number of rotatable bonds is 5. The predicted octanol–water partition coefficient (Wildman–Crippen LogP) is 13.9. The highest BCUT2D eigenvalue weighted by Crippen LogP contribution is 2.39. The van der Waals surface area contributed by atoms with Gasteiger partial charge < -0.3 is 9.13 Å². The fourth-order valence-corrected chi connectivity index (χ4v) is 9.85. The molecule has 0 unspecified atom stereocenters. The van der Waals surface area contributed by atoms with Gasteiger partial charge in [0.15, 0.2) is 5.82 Å². The van der Waals surface area contributed by atoms with Gasteiger partial charge in [-0.25, -0.2) is 0 Å². The van der Waals surface area contributed by atoms with Gasteiger partial charge in [-0.1, -0.05) is 139 Å². The summed E-state index contributed by atoms with van der Waals surface area (Å²) in [5, 5.41) is 6.07. The normalized spacial score (nSPS) is 13.8. The van der Waals surface area contributed by atoms with Gasteiger partial charge in [0.1, 0.15) is 0 Å². The van der Waals surface area contributed by atoms with Crippen LogP contribution in [0, 0.1) is 0 Å². The molecule has 0 radical (unpaired) electrons. The molecule has 64 heavy (non-hydrogen) atoms. The van der Waals surface area contributed by atoms with Gasteiger partial charge in [-0.3, -0.25) is 9.13 Å². The Kier molecular flexibility index (Phi) is 5.82. The maximum Gasteiger partial charge on any atom is 0.240 e. The summed E-state index contributed by atoms with van der Waals surface area (Å²) in [4.78, 5) is 15.8. The molecule has 7 heteroatoms. The topological polar surface area (TPSA) is 58.4 Å². The highest BCUT2D eigenvalue weighted by atomic mass is 15.3. The van der Waals surface area contributed by atoms with Crippen molar-refractivity contribution >= 4 is 87.2 Å². The van der Waals surface area contributed by atoms with Gasteiger partial charge in [-0.2, -0.15) is 15.0 Å². The van der Waals surface area contributed by atoms with E-state index in [1.54, 1.807) is 0 Å². The SMILES string of the molecule is [2H]c1c([2H])c([2H])c2c(c1[2H])c1c([2H])c([2H])c([2H])c([2H])c1n2-c1nc(-c2ccccc2-n2c3ccccc3c3ccccc32)nc(-n2c3ccccc3c3cc(-n4c5ccccc5c5ccccc54)ccc32)n1. The maximum absolute atomic E-state index is 9.38. The largest absolute Gasteiger partial charge is 0.309 e. The molecule has 7 nitrogen and oxygen atoms in total. The van der Waals surface area contributed by atoms with Crippen LogP contribution in [-0.2, 0) is 0 Å². The van der Waals surface area contributed by atoms with Crippen LogP contribution < -0.4 is 0 Å². The molecular weight excluding hydrogens is 783 g/mol. The van der Waals surface area contributed by atoms with Crippen molar-refractivity contribution in [3.8, 4) is 34.7 Å². The van der Waals surface area contributed by atoms with Crippen molar-refractivity contribution in [3.05, 3.63) is 212 Å². The lowest BCUT2D eigenvalue weighted by molar-refractivity contribution is 0.892. The van der Waals surface area contributed by atoms with Crippen LogP contribution in [0.1, 0.15) is 11.0 Å². The molecule has 0 aliphatic rings. The summed E-state index contributed by atoms with van der Waals surface area (Å²) in [6.07, 6.45) is 0. The summed E-state index contributed by atoms with van der Waals surface area (Å²) in [5.41, 5.74) is 7.70. The molecule has 0 amide bonds. The third-order valence-corrected chi connectivity index (χ3v) is 12.5. The molecule has 0 fully saturated rings. The van der Waals surface area contributed by atoms with Gasteiger partial charge >= 0.3 is 0 Å². The van der Waals surface area contributed by atoms with E-state index in [0.29, 0.717) is 5.56 Å². The molecule has 9 aromatic carbocycles. The van der Waals surface area contributed by atoms with E-state index in [2.05, 4.69) is 94.1 Å². The van der Waals surface area contributed by atoms with Crippen LogP contribution in [0.25, 0.3) is 122 Å². The molecule has 0 bridgehead atoms. The number of benzene rings is 9. The first-order chi connectivity index (χ1) is 35.1. The van der Waals surface area contributed by atoms with Crippen molar-refractivity contribution in [2.24, 2.45) is 0 Å². The number of hydrogen-bond acceptors (Lipinski definition) is 3. The van der Waals surface area contributed by atoms with E-state index in [0.717, 1.165) is 76.8 Å². The fraction of sp³-hybridized carbons (Fsp3) is 0. The first-order valence-electron chi connectivity index (χ1n) is 25.0. The van der Waals surface area contributed by atoms with Crippen molar-refractivity contribution in [1.82, 2.24) is 33.2 Å². The second-order valence-corrected chi connectivity index (χ2v) is 15.9. The van der Waals surface area contributed by atoms with Gasteiger partial charge in [0.2, 0.25) is 11.9 Å². The zero-order chi connectivity index (χ0) is 48.8. The first-order valence-corrected chi connectivity index (χ1v) is 21.0. The molecule has 0 atom stereocenters. The Labute approximate surface area is 377 Å². The summed E-state index contributed by atoms with van der Waals surface area (Å²) in [6.45, 7) is 0. The number of para-hydroxylation sites is 8. The lowest BCUT2D eigenvalue weighted by Gasteiger charge is -2.16. The van der Waals surface area contributed by atoms with Gasteiger partial charge in [-0.15, -0.1) is 0 Å². The van der Waals surface area contributed by atoms with E-state index >= 15 is 0 Å². The predicted molar refractivity (Wildman–Crippen MR) is 263 cm³/mol. The van der Waals surface area contributed by atoms with E-state index in [4.69, 9.17) is 23.2 Å². The van der Waals surface area contributed by atoms with E-state index in [1.807, 2.05) is 83.4 Å². The number of aromatic nitrogens is 7. The second-order valence-electron chi connectivity index (χ2n) is 15.9. The van der Waals surface area contributed by atoms with Crippen LogP contribution in [0.2, 0.25) is 0 Å². The average Bonchev–Trinajstić information content (AvgIpc) is 4.16. The summed E-state index contributed by atoms with van der Waals surface area (Å²) in [7, 11) is 0. The molecule has 14 aromatic rings. The third kappa shape index (κ3) is 4.89. The van der Waals surface area contributed by atoms with Gasteiger partial charge in [0.05, 0.1) is 60.8 Å². The molecule has 0 saturated heterocycles. The van der Waals surface area contributed by atoms with Crippen molar-refractivity contribution in [1.29, 1.82) is 0 Å². The molecule has 0 N–H and O–H groups in total. The number of nitrogens with zero attached hydrogens (tertiary/aromatic N) is 7. The Morgan fingerprint density at radius 2 is 0.719 bits per heavy atom. The van der Waals surface area contributed by atoms with Crippen molar-refractivity contribution in [2.45, 2.75) is 0 Å². The number of fused-ring (bicyclic) bond motifs is 12. The van der Waals surface area contributed by atoms with E-state index in [-0.39, 0.29) is 39.5 Å². The summed E-state index contributed by atoms with van der Waals surface area (Å²) in [6, 6.07) is 51.2. The highest BCUT2D eigenvalue weighted by molar-refractivity contribution is 6.13. The van der Waals surface area contributed by atoms with Crippen LogP contribution in [0.3, 0.4) is 0 Å². The van der Waals surface area contributed by atoms with Gasteiger partial charge in [0, 0.05) is 54.3 Å². The molecule has 5 aromatic heterocycles. The minimum atomic E-state index is -0.542. The van der Waals surface area contributed by atoms with Crippen LogP contribution in [-0.4, -0.2) is 33.2 Å². The average molecular weight is 826 g/mol. The van der Waals surface area contributed by atoms with Crippen LogP contribution in [0.15, 0.2) is 212 Å². The van der Waals surface area contributed by atoms with Crippen molar-refractivity contribution < 1.29 is 11.0 Å². The first kappa shape index (κ1) is 27.9. The molecule has 0 spiro atoms. The molecular formula is C57H35N7. The quantitative estimate of drug-likeness (QED) is 0.174. The van der Waals surface area contributed by atoms with Crippen LogP contribution in [0.5, 0.6) is 0 Å². The minimum Gasteiger partial charge on any atom is -0.309 e. The number of hydrogen-bond donors (Lipinski definition) is 0. The Morgan fingerprint density at radius 1 is 0.312 bits per heavy atom. The van der Waals surface area contributed by atoms with Crippen molar-refractivity contribution in [2.75, 3.05) is 0 Å². The van der Waals surface area contributed by atoms with Crippen molar-refractivity contribution in [3.63, 3.8) is 0 Å². The standard InChI is InChI=1S/C57H35N7/c1-9-25-46-37(17-1)38-18-2-10-26-47(38)61(46)36-33-34-54-45(35-36)43-23-7-15-31-52(43)64(54)57-59-55(58-56(60-57)63-50-29-13-5-21-41(50)42-22-6-14-30-51(42)63)44-24-8-16-32-53(44)62-48-27-11-3-19-39(48)40-20-4-12-28-49(40)62/h1-35H/i5D,6D,13D,14D,21D,22D,29D,30D. The molecule has 298 valence electrons. The summed E-state index contributed by atoms with van der Waals surface area (Å²) < 4.78 is 80.0. The minimum absolute atomic E-state index is 0.0772. The molecule has 5 heterocycles. The summed E-state index contributed by atoms with van der Waals surface area (Å²) in [5.74, 6) is 0.256. The lowest BCUT2D eigenvalue weighted by atomic mass is 10.1. The molecule has 0 aliphatic heterocycles. The van der Waals surface area contributed by atoms with E-state index < -0.39 is 48.3 Å². The molecule has 0 saturated carbocycles. The van der Waals surface area contributed by atoms with E-state index in [1.165, 1.54) is 4.57 Å². The smallest absolute Gasteiger partial charge is 0.240 e. The maximum atomic E-state index is 9.38. The monoisotopic (exact) mass is 825 g/mol. The van der Waals surface area contributed by atoms with Gasteiger partial charge in [-0.05, 0) is 72.7 Å². The van der Waals surface area contributed by atoms with Gasteiger partial charge in [0.25, 0.3) is 0 Å². The zero-order valence-corrected chi connectivity index (χ0v) is 33.7. The second kappa shape index (κ2) is 13.3.